The van der Waals surface area contributed by atoms with Crippen LogP contribution in [0.15, 0.2) is 0 Å². The maximum Gasteiger partial charge on any atom is 0.486 e. The zero-order valence-electron chi connectivity index (χ0n) is 35.2. The molecule has 4 atom stereocenters. The first kappa shape index (κ1) is 45.3. The molecule has 1 N–H and O–H groups in total. The summed E-state index contributed by atoms with van der Waals surface area (Å²) in [6.07, 6.45) is 0.553. The summed E-state index contributed by atoms with van der Waals surface area (Å²) in [4.78, 5) is 0. The van der Waals surface area contributed by atoms with E-state index in [1.54, 1.807) is 0 Å². The second-order valence-corrected chi connectivity index (χ2v) is 43.4. The summed E-state index contributed by atoms with van der Waals surface area (Å²) < 4.78 is 92.5. The summed E-state index contributed by atoms with van der Waals surface area (Å²) in [5.41, 5.74) is 0. The van der Waals surface area contributed by atoms with Gasteiger partial charge >= 0.3 is 70.2 Å². The molecule has 21 heteroatoms. The zero-order valence-corrected chi connectivity index (χ0v) is 43.2. The van der Waals surface area contributed by atoms with E-state index in [0.29, 0.717) is 54.8 Å². The van der Waals surface area contributed by atoms with Gasteiger partial charge in [-0.15, -0.1) is 0 Å². The lowest BCUT2D eigenvalue weighted by Gasteiger charge is -2.60. The van der Waals surface area contributed by atoms with Crippen molar-refractivity contribution >= 4 is 70.2 Å². The first-order valence-corrected chi connectivity index (χ1v) is 36.2. The predicted octanol–water partition coefficient (Wildman–Crippen LogP) is 7.78. The van der Waals surface area contributed by atoms with Gasteiger partial charge in [-0.05, 0) is 53.9 Å². The molecule has 6 heterocycles. The van der Waals surface area contributed by atoms with Gasteiger partial charge in [0.1, 0.15) is 0 Å². The van der Waals surface area contributed by atoms with Crippen LogP contribution in [0.25, 0.3) is 0 Å². The van der Waals surface area contributed by atoms with Gasteiger partial charge in [-0.25, -0.2) is 0 Å². The van der Waals surface area contributed by atoms with Crippen molar-refractivity contribution in [3.8, 4) is 0 Å². The highest BCUT2D eigenvalue weighted by molar-refractivity contribution is 7.02. The Bertz CT molecular complexity index is 1190. The molecule has 310 valence electrons. The van der Waals surface area contributed by atoms with Gasteiger partial charge < -0.3 is 54.8 Å². The molecule has 6 fully saturated rings. The fourth-order valence-electron chi connectivity index (χ4n) is 8.37. The van der Waals surface area contributed by atoms with E-state index in [4.69, 9.17) is 49.7 Å². The van der Waals surface area contributed by atoms with Crippen LogP contribution in [0.4, 0.5) is 0 Å². The van der Waals surface area contributed by atoms with Crippen molar-refractivity contribution in [2.24, 2.45) is 41.4 Å². The summed E-state index contributed by atoms with van der Waals surface area (Å²) in [5, 5.41) is 10.4. The second kappa shape index (κ2) is 16.7. The lowest BCUT2D eigenvalue weighted by atomic mass is 10.3. The highest BCUT2D eigenvalue weighted by Gasteiger charge is 2.81. The van der Waals surface area contributed by atoms with E-state index in [1.165, 1.54) is 0 Å². The summed E-state index contributed by atoms with van der Waals surface area (Å²) in [6, 6.07) is 3.81. The third-order valence-corrected chi connectivity index (χ3v) is 49.0. The van der Waals surface area contributed by atoms with Crippen LogP contribution in [-0.2, 0) is 49.7 Å². The molecule has 0 aromatic rings. The SMILES string of the molecule is CC(C)C[Si]12OC[Si]3(CCCO)O[Si]4(CC(C)C)O[Si](CC(C)C)(O1)O[Si]1(CC(C)C)O[Si](CC(C)C)(O2)O[Si](CC(C)C)(O3)O[Si](CC(C)C)(O4)O1. The van der Waals surface area contributed by atoms with Crippen molar-refractivity contribution in [2.75, 3.05) is 12.8 Å². The van der Waals surface area contributed by atoms with Crippen molar-refractivity contribution in [2.45, 2.75) is 152 Å². The molecule has 8 bridgehead atoms. The van der Waals surface area contributed by atoms with Gasteiger partial charge in [0.05, 0.1) is 6.23 Å². The number of aliphatic hydroxyl groups is 1. The Morgan fingerprint density at radius 2 is 0.585 bits per heavy atom. The molecule has 4 unspecified atom stereocenters. The number of aliphatic hydroxyl groups excluding tert-OH is 1. The van der Waals surface area contributed by atoms with Crippen LogP contribution in [0.1, 0.15) is 103 Å². The van der Waals surface area contributed by atoms with E-state index < -0.39 is 70.2 Å². The topological polar surface area (TPSA) is 131 Å². The molecule has 0 amide bonds. The standard InChI is InChI=1S/C32H72O13Si8/c1-26(2)18-47-34-25-46(17-15-16-33)35-48(19-27(3)4)39-50(37-47,21-29(7)8)43-53(24-32(13)14)44-51(38-47,22-30(9)10)40-49(36-46,20-28(5)6)42-52(41-48,45-53)23-31(11)12/h26-33H,15-25H2,1-14H3. The molecule has 53 heavy (non-hydrogen) atoms. The average Bonchev–Trinajstić information content (AvgIpc) is 2.95. The first-order valence-electron chi connectivity index (χ1n) is 20.4. The molecular formula is C32H72O13Si8. The molecule has 0 spiro atoms. The molecule has 6 rings (SSSR count). The van der Waals surface area contributed by atoms with Crippen molar-refractivity contribution < 1.29 is 54.8 Å². The predicted molar refractivity (Wildman–Crippen MR) is 218 cm³/mol. The molecule has 0 aromatic heterocycles. The van der Waals surface area contributed by atoms with Crippen LogP contribution in [0.3, 0.4) is 0 Å². The summed E-state index contributed by atoms with van der Waals surface area (Å²) in [5.74, 6) is 0.856. The quantitative estimate of drug-likeness (QED) is 0.143. The maximum atomic E-state index is 10.4. The van der Waals surface area contributed by atoms with Gasteiger partial charge in [0, 0.05) is 48.9 Å². The fourth-order valence-corrected chi connectivity index (χ4v) is 58.9. The highest BCUT2D eigenvalue weighted by atomic mass is 28.6. The molecule has 0 aromatic carbocycles. The molecule has 0 saturated carbocycles. The highest BCUT2D eigenvalue weighted by Crippen LogP contribution is 2.54. The molecule has 6 saturated heterocycles. The van der Waals surface area contributed by atoms with Crippen molar-refractivity contribution in [3.63, 3.8) is 0 Å². The van der Waals surface area contributed by atoms with Crippen LogP contribution < -0.4 is 0 Å². The van der Waals surface area contributed by atoms with Crippen molar-refractivity contribution in [1.82, 2.24) is 0 Å². The molecular weight excluding hydrogens is 817 g/mol. The second-order valence-electron chi connectivity index (χ2n) is 19.1. The van der Waals surface area contributed by atoms with Crippen molar-refractivity contribution in [1.29, 1.82) is 0 Å². The monoisotopic (exact) mass is 888 g/mol. The normalized spacial score (nSPS) is 41.5. The lowest BCUT2D eigenvalue weighted by Crippen LogP contribution is -2.84. The molecule has 0 radical (unpaired) electrons. The van der Waals surface area contributed by atoms with Crippen molar-refractivity contribution in [3.05, 3.63) is 0 Å². The minimum Gasteiger partial charge on any atom is -0.396 e. The minimum atomic E-state index is -3.92. The average molecular weight is 890 g/mol. The van der Waals surface area contributed by atoms with Crippen LogP contribution in [-0.4, -0.2) is 88.1 Å². The van der Waals surface area contributed by atoms with E-state index in [9.17, 15) is 5.11 Å². The molecule has 13 nitrogen and oxygen atoms in total. The minimum absolute atomic E-state index is 0.0350. The zero-order chi connectivity index (χ0) is 39.3. The summed E-state index contributed by atoms with van der Waals surface area (Å²) in [6.45, 7) is 30.2. The number of rotatable bonds is 17. The van der Waals surface area contributed by atoms with Crippen LogP contribution in [0.5, 0.6) is 0 Å². The van der Waals surface area contributed by atoms with Gasteiger partial charge in [-0.2, -0.15) is 0 Å². The Kier molecular flexibility index (Phi) is 14.3. The number of hydrogen-bond donors (Lipinski definition) is 1. The van der Waals surface area contributed by atoms with Crippen LogP contribution in [0, 0.1) is 41.4 Å². The molecule has 0 aliphatic carbocycles. The Labute approximate surface area is 329 Å². The Balaban J connectivity index is 1.98. The van der Waals surface area contributed by atoms with Crippen LogP contribution >= 0.6 is 0 Å². The number of fused-ring (bicyclic) bond motifs is 1. The Morgan fingerprint density at radius 3 is 0.830 bits per heavy atom. The van der Waals surface area contributed by atoms with Gasteiger partial charge in [0.15, 0.2) is 0 Å². The van der Waals surface area contributed by atoms with E-state index in [1.807, 2.05) is 0 Å². The van der Waals surface area contributed by atoms with Gasteiger partial charge in [-0.1, -0.05) is 96.9 Å². The molecule has 6 aliphatic rings. The van der Waals surface area contributed by atoms with E-state index in [-0.39, 0.29) is 54.3 Å². The van der Waals surface area contributed by atoms with E-state index in [2.05, 4.69) is 96.9 Å². The van der Waals surface area contributed by atoms with Crippen LogP contribution in [0.2, 0.25) is 48.4 Å². The Morgan fingerprint density at radius 1 is 0.358 bits per heavy atom. The van der Waals surface area contributed by atoms with Gasteiger partial charge in [0.25, 0.3) is 0 Å². The third-order valence-electron chi connectivity index (χ3n) is 9.32. The summed E-state index contributed by atoms with van der Waals surface area (Å²) in [7, 11) is -30.9. The first-order chi connectivity index (χ1) is 24.5. The van der Waals surface area contributed by atoms with Gasteiger partial charge in [-0.3, -0.25) is 0 Å². The van der Waals surface area contributed by atoms with E-state index in [0.717, 1.165) is 0 Å². The summed E-state index contributed by atoms with van der Waals surface area (Å²) >= 11 is 0. The fraction of sp³-hybridized carbons (Fsp3) is 1.00. The Hall–Kier alpha value is 1.22. The lowest BCUT2D eigenvalue weighted by molar-refractivity contribution is -0.000632. The smallest absolute Gasteiger partial charge is 0.396 e. The van der Waals surface area contributed by atoms with Gasteiger partial charge in [0.2, 0.25) is 0 Å². The molecule has 6 aliphatic heterocycles. The third kappa shape index (κ3) is 10.7. The largest absolute Gasteiger partial charge is 0.486 e. The number of hydrogen-bond acceptors (Lipinski definition) is 13. The maximum absolute atomic E-state index is 10.4. The van der Waals surface area contributed by atoms with E-state index >= 15 is 0 Å².